The van der Waals surface area contributed by atoms with Crippen molar-refractivity contribution in [3.63, 3.8) is 0 Å². The number of nitrogens with one attached hydrogen (secondary N) is 1. The molecule has 1 saturated carbocycles. The maximum Gasteiger partial charge on any atom is 0.138 e. The summed E-state index contributed by atoms with van der Waals surface area (Å²) in [7, 11) is 0. The van der Waals surface area contributed by atoms with Crippen LogP contribution in [0.5, 0.6) is 5.75 Å². The third-order valence-electron chi connectivity index (χ3n) is 3.54. The number of benzene rings is 2. The number of halogens is 2. The van der Waals surface area contributed by atoms with Gasteiger partial charge in [-0.1, -0.05) is 46.3 Å². The molecule has 1 fully saturated rings. The van der Waals surface area contributed by atoms with Crippen LogP contribution in [0, 0.1) is 0 Å². The van der Waals surface area contributed by atoms with Gasteiger partial charge in [0.1, 0.15) is 12.4 Å². The number of para-hydroxylation sites is 1. The van der Waals surface area contributed by atoms with E-state index in [1.54, 1.807) is 0 Å². The molecule has 2 nitrogen and oxygen atoms in total. The van der Waals surface area contributed by atoms with Crippen LogP contribution in [0.3, 0.4) is 0 Å². The van der Waals surface area contributed by atoms with Crippen LogP contribution in [0.1, 0.15) is 24.0 Å². The van der Waals surface area contributed by atoms with E-state index in [9.17, 15) is 0 Å². The lowest BCUT2D eigenvalue weighted by Gasteiger charge is -2.14. The highest BCUT2D eigenvalue weighted by Crippen LogP contribution is 2.31. The van der Waals surface area contributed by atoms with Crippen LogP contribution in [0.2, 0.25) is 0 Å². The van der Waals surface area contributed by atoms with Crippen molar-refractivity contribution in [2.24, 2.45) is 0 Å². The number of ether oxygens (including phenoxy) is 1. The maximum atomic E-state index is 6.07. The van der Waals surface area contributed by atoms with Crippen molar-refractivity contribution in [2.75, 3.05) is 0 Å². The molecule has 1 N–H and O–H groups in total. The summed E-state index contributed by atoms with van der Waals surface area (Å²) in [6.45, 7) is 1.41. The van der Waals surface area contributed by atoms with Gasteiger partial charge in [0.2, 0.25) is 0 Å². The molecule has 0 radical (unpaired) electrons. The second-order valence-electron chi connectivity index (χ2n) is 5.26. The Kier molecular flexibility index (Phi) is 4.99. The summed E-state index contributed by atoms with van der Waals surface area (Å²) >= 11 is 7.16. The van der Waals surface area contributed by atoms with E-state index in [0.29, 0.717) is 12.6 Å². The molecule has 4 heteroatoms. The van der Waals surface area contributed by atoms with Crippen molar-refractivity contribution >= 4 is 31.9 Å². The molecule has 0 aliphatic heterocycles. The van der Waals surface area contributed by atoms with Crippen molar-refractivity contribution in [1.82, 2.24) is 5.32 Å². The van der Waals surface area contributed by atoms with Gasteiger partial charge in [-0.05, 0) is 40.9 Å². The zero-order valence-electron chi connectivity index (χ0n) is 11.6. The number of hydrogen-bond acceptors (Lipinski definition) is 2. The van der Waals surface area contributed by atoms with E-state index in [4.69, 9.17) is 4.74 Å². The molecule has 0 bridgehead atoms. The molecule has 2 aromatic rings. The van der Waals surface area contributed by atoms with Crippen molar-refractivity contribution < 1.29 is 4.74 Å². The zero-order chi connectivity index (χ0) is 14.7. The summed E-state index contributed by atoms with van der Waals surface area (Å²) in [4.78, 5) is 0. The van der Waals surface area contributed by atoms with Crippen molar-refractivity contribution in [3.05, 3.63) is 62.5 Å². The lowest BCUT2D eigenvalue weighted by Crippen LogP contribution is -2.16. The van der Waals surface area contributed by atoms with Crippen LogP contribution in [-0.4, -0.2) is 6.04 Å². The fourth-order valence-electron chi connectivity index (χ4n) is 2.16. The molecule has 1 aliphatic rings. The molecule has 0 atom stereocenters. The Morgan fingerprint density at radius 2 is 1.67 bits per heavy atom. The van der Waals surface area contributed by atoms with E-state index in [0.717, 1.165) is 26.8 Å². The van der Waals surface area contributed by atoms with E-state index in [1.807, 2.05) is 24.3 Å². The van der Waals surface area contributed by atoms with Crippen LogP contribution < -0.4 is 10.1 Å². The first-order chi connectivity index (χ1) is 10.2. The molecule has 0 spiro atoms. The third-order valence-corrected chi connectivity index (χ3v) is 4.93. The van der Waals surface area contributed by atoms with E-state index in [1.165, 1.54) is 18.4 Å². The smallest absolute Gasteiger partial charge is 0.138 e. The average Bonchev–Trinajstić information content (AvgIpc) is 3.30. The molecule has 1 aliphatic carbocycles. The Morgan fingerprint density at radius 1 is 0.952 bits per heavy atom. The quantitative estimate of drug-likeness (QED) is 0.719. The molecule has 0 amide bonds. The normalized spacial score (nSPS) is 14.2. The first kappa shape index (κ1) is 15.1. The van der Waals surface area contributed by atoms with Gasteiger partial charge in [0.05, 0.1) is 4.47 Å². The first-order valence-corrected chi connectivity index (χ1v) is 8.69. The van der Waals surface area contributed by atoms with Crippen molar-refractivity contribution in [3.8, 4) is 5.75 Å². The van der Waals surface area contributed by atoms with Gasteiger partial charge in [-0.25, -0.2) is 0 Å². The summed E-state index contributed by atoms with van der Waals surface area (Å²) in [5.41, 5.74) is 2.35. The Bertz CT molecular complexity index is 626. The molecule has 2 aromatic carbocycles. The van der Waals surface area contributed by atoms with Gasteiger partial charge >= 0.3 is 0 Å². The van der Waals surface area contributed by atoms with Crippen LogP contribution >= 0.6 is 31.9 Å². The van der Waals surface area contributed by atoms with E-state index in [-0.39, 0.29) is 0 Å². The van der Waals surface area contributed by atoms with Crippen LogP contribution in [-0.2, 0) is 13.2 Å². The van der Waals surface area contributed by atoms with Gasteiger partial charge < -0.3 is 10.1 Å². The SMILES string of the molecule is Brc1ccccc1COc1c(Br)cccc1CNC1CC1. The highest BCUT2D eigenvalue weighted by Gasteiger charge is 2.21. The molecular formula is C17H17Br2NO. The second kappa shape index (κ2) is 6.95. The summed E-state index contributed by atoms with van der Waals surface area (Å²) in [6, 6.07) is 15.0. The van der Waals surface area contributed by atoms with Crippen LogP contribution in [0.4, 0.5) is 0 Å². The fourth-order valence-corrected chi connectivity index (χ4v) is 3.08. The molecule has 0 unspecified atom stereocenters. The largest absolute Gasteiger partial charge is 0.487 e. The Labute approximate surface area is 142 Å². The molecule has 0 aromatic heterocycles. The highest BCUT2D eigenvalue weighted by atomic mass is 79.9. The maximum absolute atomic E-state index is 6.07. The fraction of sp³-hybridized carbons (Fsp3) is 0.294. The Morgan fingerprint density at radius 3 is 2.43 bits per heavy atom. The Hall–Kier alpha value is -0.840. The predicted octanol–water partition coefficient (Wildman–Crippen LogP) is 5.04. The lowest BCUT2D eigenvalue weighted by molar-refractivity contribution is 0.299. The van der Waals surface area contributed by atoms with Gasteiger partial charge in [-0.15, -0.1) is 0 Å². The summed E-state index contributed by atoms with van der Waals surface area (Å²) < 4.78 is 8.15. The van der Waals surface area contributed by atoms with E-state index < -0.39 is 0 Å². The minimum absolute atomic E-state index is 0.556. The van der Waals surface area contributed by atoms with E-state index in [2.05, 4.69) is 55.4 Å². The molecular weight excluding hydrogens is 394 g/mol. The van der Waals surface area contributed by atoms with Crippen molar-refractivity contribution in [1.29, 1.82) is 0 Å². The van der Waals surface area contributed by atoms with E-state index >= 15 is 0 Å². The molecule has 3 rings (SSSR count). The van der Waals surface area contributed by atoms with Gasteiger partial charge in [0.15, 0.2) is 0 Å². The predicted molar refractivity (Wildman–Crippen MR) is 92.5 cm³/mol. The summed E-state index contributed by atoms with van der Waals surface area (Å²) in [6.07, 6.45) is 2.59. The number of hydrogen-bond donors (Lipinski definition) is 1. The zero-order valence-corrected chi connectivity index (χ0v) is 14.8. The number of rotatable bonds is 6. The molecule has 110 valence electrons. The van der Waals surface area contributed by atoms with Gasteiger partial charge in [0.25, 0.3) is 0 Å². The molecule has 0 saturated heterocycles. The highest BCUT2D eigenvalue weighted by molar-refractivity contribution is 9.10. The van der Waals surface area contributed by atoms with Crippen LogP contribution in [0.25, 0.3) is 0 Å². The summed E-state index contributed by atoms with van der Waals surface area (Å²) in [5.74, 6) is 0.932. The minimum atomic E-state index is 0.556. The van der Waals surface area contributed by atoms with Crippen LogP contribution in [0.15, 0.2) is 51.4 Å². The van der Waals surface area contributed by atoms with Gasteiger partial charge in [0, 0.05) is 28.2 Å². The van der Waals surface area contributed by atoms with Gasteiger partial charge in [-0.2, -0.15) is 0 Å². The third kappa shape index (κ3) is 4.09. The minimum Gasteiger partial charge on any atom is -0.487 e. The Balaban J connectivity index is 1.72. The monoisotopic (exact) mass is 409 g/mol. The standard InChI is InChI=1S/C17H17Br2NO/c18-15-6-2-1-4-13(15)11-21-17-12(5-3-7-16(17)19)10-20-14-8-9-14/h1-7,14,20H,8-11H2. The van der Waals surface area contributed by atoms with Crippen molar-refractivity contribution in [2.45, 2.75) is 32.0 Å². The topological polar surface area (TPSA) is 21.3 Å². The van der Waals surface area contributed by atoms with Gasteiger partial charge in [-0.3, -0.25) is 0 Å². The first-order valence-electron chi connectivity index (χ1n) is 7.11. The second-order valence-corrected chi connectivity index (χ2v) is 6.97. The summed E-state index contributed by atoms with van der Waals surface area (Å²) in [5, 5.41) is 3.54. The molecule has 21 heavy (non-hydrogen) atoms. The lowest BCUT2D eigenvalue weighted by atomic mass is 10.2. The average molecular weight is 411 g/mol. The molecule has 0 heterocycles.